The van der Waals surface area contributed by atoms with Crippen LogP contribution in [-0.4, -0.2) is 24.4 Å². The lowest BCUT2D eigenvalue weighted by atomic mass is 10.2. The molecule has 0 N–H and O–H groups in total. The number of amides is 1. The Balaban J connectivity index is 2.48. The summed E-state index contributed by atoms with van der Waals surface area (Å²) in [6, 6.07) is 0. The fraction of sp³-hybridized carbons (Fsp3) is 0.625. The molecule has 0 aromatic heterocycles. The molecule has 0 saturated heterocycles. The van der Waals surface area contributed by atoms with Crippen LogP contribution >= 0.6 is 0 Å². The van der Waals surface area contributed by atoms with Crippen molar-refractivity contribution in [1.29, 1.82) is 0 Å². The second-order valence-electron chi connectivity index (χ2n) is 2.61. The molecule has 0 aromatic rings. The van der Waals surface area contributed by atoms with Crippen LogP contribution < -0.4 is 0 Å². The molecule has 0 spiro atoms. The monoisotopic (exact) mass is 139 g/mol. The molecule has 1 rings (SSSR count). The molecule has 0 radical (unpaired) electrons. The van der Waals surface area contributed by atoms with E-state index in [2.05, 4.69) is 12.2 Å². The number of hydrogen-bond acceptors (Lipinski definition) is 1. The summed E-state index contributed by atoms with van der Waals surface area (Å²) in [4.78, 5) is 12.9. The van der Waals surface area contributed by atoms with E-state index in [0.717, 1.165) is 19.4 Å². The van der Waals surface area contributed by atoms with Gasteiger partial charge in [0.15, 0.2) is 0 Å². The van der Waals surface area contributed by atoms with Crippen LogP contribution in [0.25, 0.3) is 0 Å². The first-order valence-corrected chi connectivity index (χ1v) is 3.69. The predicted molar refractivity (Wildman–Crippen MR) is 40.6 cm³/mol. The van der Waals surface area contributed by atoms with E-state index in [-0.39, 0.29) is 5.91 Å². The summed E-state index contributed by atoms with van der Waals surface area (Å²) in [5, 5.41) is 0. The highest BCUT2D eigenvalue weighted by atomic mass is 16.2. The van der Waals surface area contributed by atoms with Crippen LogP contribution in [0.2, 0.25) is 0 Å². The first-order chi connectivity index (χ1) is 4.80. The van der Waals surface area contributed by atoms with Gasteiger partial charge < -0.3 is 4.90 Å². The summed E-state index contributed by atoms with van der Waals surface area (Å²) in [6.07, 6.45) is 6.81. The van der Waals surface area contributed by atoms with Crippen LogP contribution in [0, 0.1) is 0 Å². The maximum atomic E-state index is 11.1. The van der Waals surface area contributed by atoms with E-state index in [1.165, 1.54) is 0 Å². The lowest BCUT2D eigenvalue weighted by Crippen LogP contribution is -2.27. The Bertz CT molecular complexity index is 151. The van der Waals surface area contributed by atoms with E-state index in [1.807, 2.05) is 7.05 Å². The molecule has 0 aliphatic carbocycles. The summed E-state index contributed by atoms with van der Waals surface area (Å²) in [5.74, 6) is 0.268. The molecule has 10 heavy (non-hydrogen) atoms. The van der Waals surface area contributed by atoms with Crippen LogP contribution in [-0.2, 0) is 4.79 Å². The maximum absolute atomic E-state index is 11.1. The molecule has 2 heteroatoms. The highest BCUT2D eigenvalue weighted by Crippen LogP contribution is 2.02. The van der Waals surface area contributed by atoms with Crippen LogP contribution in [0.4, 0.5) is 0 Å². The van der Waals surface area contributed by atoms with Gasteiger partial charge in [-0.15, -0.1) is 0 Å². The van der Waals surface area contributed by atoms with Gasteiger partial charge in [-0.1, -0.05) is 12.2 Å². The third-order valence-corrected chi connectivity index (χ3v) is 1.75. The molecular formula is C8H13NO. The number of nitrogens with zero attached hydrogens (tertiary/aromatic N) is 1. The van der Waals surface area contributed by atoms with Crippen molar-refractivity contribution in [3.8, 4) is 0 Å². The van der Waals surface area contributed by atoms with Crippen molar-refractivity contribution < 1.29 is 4.79 Å². The lowest BCUT2D eigenvalue weighted by molar-refractivity contribution is -0.129. The highest BCUT2D eigenvalue weighted by Gasteiger charge is 2.07. The lowest BCUT2D eigenvalue weighted by Gasteiger charge is -2.16. The summed E-state index contributed by atoms with van der Waals surface area (Å²) in [7, 11) is 1.86. The van der Waals surface area contributed by atoms with Crippen LogP contribution in [0.1, 0.15) is 19.3 Å². The molecule has 1 heterocycles. The third kappa shape index (κ3) is 1.87. The van der Waals surface area contributed by atoms with Crippen molar-refractivity contribution in [3.05, 3.63) is 12.2 Å². The van der Waals surface area contributed by atoms with Gasteiger partial charge in [-0.05, 0) is 12.8 Å². The molecule has 56 valence electrons. The smallest absolute Gasteiger partial charge is 0.222 e. The van der Waals surface area contributed by atoms with Gasteiger partial charge in [-0.2, -0.15) is 0 Å². The minimum atomic E-state index is 0.268. The second kappa shape index (κ2) is 3.40. The number of rotatable bonds is 0. The first-order valence-electron chi connectivity index (χ1n) is 3.69. The number of hydrogen-bond donors (Lipinski definition) is 0. The van der Waals surface area contributed by atoms with E-state index in [0.29, 0.717) is 6.42 Å². The molecule has 0 bridgehead atoms. The SMILES string of the molecule is CN1CC/C=C\CCC1=O. The average Bonchev–Trinajstić information content (AvgIpc) is 1.92. The van der Waals surface area contributed by atoms with E-state index < -0.39 is 0 Å². The third-order valence-electron chi connectivity index (χ3n) is 1.75. The molecule has 1 aliphatic rings. The Hall–Kier alpha value is -0.790. The van der Waals surface area contributed by atoms with Crippen LogP contribution in [0.3, 0.4) is 0 Å². The van der Waals surface area contributed by atoms with Crippen molar-refractivity contribution in [2.24, 2.45) is 0 Å². The van der Waals surface area contributed by atoms with E-state index in [1.54, 1.807) is 4.90 Å². The van der Waals surface area contributed by atoms with E-state index in [9.17, 15) is 4.79 Å². The Morgan fingerprint density at radius 3 is 2.90 bits per heavy atom. The zero-order valence-corrected chi connectivity index (χ0v) is 6.34. The van der Waals surface area contributed by atoms with Crippen molar-refractivity contribution in [2.75, 3.05) is 13.6 Å². The topological polar surface area (TPSA) is 20.3 Å². The standard InChI is InChI=1S/C8H13NO/c1-9-7-5-3-2-4-6-8(9)10/h2-3H,4-7H2,1H3/b3-2-. The quantitative estimate of drug-likeness (QED) is 0.461. The zero-order valence-electron chi connectivity index (χ0n) is 6.34. The molecular weight excluding hydrogens is 126 g/mol. The van der Waals surface area contributed by atoms with Gasteiger partial charge in [0.05, 0.1) is 0 Å². The molecule has 0 aromatic carbocycles. The van der Waals surface area contributed by atoms with Crippen molar-refractivity contribution in [3.63, 3.8) is 0 Å². The van der Waals surface area contributed by atoms with Gasteiger partial charge in [0.1, 0.15) is 0 Å². The first kappa shape index (κ1) is 7.32. The predicted octanol–water partition coefficient (Wildman–Crippen LogP) is 1.18. The molecule has 0 fully saturated rings. The van der Waals surface area contributed by atoms with Crippen molar-refractivity contribution in [2.45, 2.75) is 19.3 Å². The van der Waals surface area contributed by atoms with E-state index in [4.69, 9.17) is 0 Å². The van der Waals surface area contributed by atoms with E-state index >= 15 is 0 Å². The van der Waals surface area contributed by atoms with Crippen molar-refractivity contribution in [1.82, 2.24) is 4.90 Å². The fourth-order valence-corrected chi connectivity index (χ4v) is 1.03. The minimum Gasteiger partial charge on any atom is -0.345 e. The molecule has 1 amide bonds. The van der Waals surface area contributed by atoms with Gasteiger partial charge in [0, 0.05) is 20.0 Å². The zero-order chi connectivity index (χ0) is 7.40. The Labute approximate surface area is 61.5 Å². The highest BCUT2D eigenvalue weighted by molar-refractivity contribution is 5.76. The Kier molecular flexibility index (Phi) is 2.49. The normalized spacial score (nSPS) is 23.7. The molecule has 0 unspecified atom stereocenters. The maximum Gasteiger partial charge on any atom is 0.222 e. The summed E-state index contributed by atoms with van der Waals surface area (Å²) < 4.78 is 0. The van der Waals surface area contributed by atoms with Gasteiger partial charge in [-0.25, -0.2) is 0 Å². The van der Waals surface area contributed by atoms with Crippen LogP contribution in [0.5, 0.6) is 0 Å². The van der Waals surface area contributed by atoms with Crippen molar-refractivity contribution >= 4 is 5.91 Å². The molecule has 1 aliphatic heterocycles. The summed E-state index contributed by atoms with van der Waals surface area (Å²) in [5.41, 5.74) is 0. The Morgan fingerprint density at radius 1 is 1.40 bits per heavy atom. The number of carbonyl (C=O) groups excluding carboxylic acids is 1. The van der Waals surface area contributed by atoms with Gasteiger partial charge >= 0.3 is 0 Å². The van der Waals surface area contributed by atoms with Gasteiger partial charge in [0.25, 0.3) is 0 Å². The summed E-state index contributed by atoms with van der Waals surface area (Å²) >= 11 is 0. The largest absolute Gasteiger partial charge is 0.345 e. The molecule has 2 nitrogen and oxygen atoms in total. The molecule has 0 atom stereocenters. The second-order valence-corrected chi connectivity index (χ2v) is 2.61. The van der Waals surface area contributed by atoms with Gasteiger partial charge in [-0.3, -0.25) is 4.79 Å². The molecule has 0 saturated carbocycles. The fourth-order valence-electron chi connectivity index (χ4n) is 1.03. The minimum absolute atomic E-state index is 0.268. The average molecular weight is 139 g/mol. The number of carbonyl (C=O) groups is 1. The Morgan fingerprint density at radius 2 is 2.10 bits per heavy atom. The van der Waals surface area contributed by atoms with Crippen LogP contribution in [0.15, 0.2) is 12.2 Å². The van der Waals surface area contributed by atoms with Gasteiger partial charge in [0.2, 0.25) is 5.91 Å². The summed E-state index contributed by atoms with van der Waals surface area (Å²) in [6.45, 7) is 0.870. The number of allylic oxidation sites excluding steroid dienone is 1.